The Kier molecular flexibility index (Phi) is 3.45. The lowest BCUT2D eigenvalue weighted by atomic mass is 10.4. The molecule has 0 spiro atoms. The van der Waals surface area contributed by atoms with Gasteiger partial charge in [-0.1, -0.05) is 0 Å². The number of aryl methyl sites for hydroxylation is 1. The maximum atomic E-state index is 11.8. The Labute approximate surface area is 104 Å². The zero-order valence-corrected chi connectivity index (χ0v) is 10.1. The number of anilines is 1. The van der Waals surface area contributed by atoms with E-state index in [1.165, 1.54) is 10.9 Å². The van der Waals surface area contributed by atoms with Crippen LogP contribution >= 0.6 is 0 Å². The van der Waals surface area contributed by atoms with Crippen LogP contribution in [-0.4, -0.2) is 45.1 Å². The number of nitro groups is 1. The maximum absolute atomic E-state index is 11.8. The fourth-order valence-electron chi connectivity index (χ4n) is 1.97. The summed E-state index contributed by atoms with van der Waals surface area (Å²) in [5.74, 6) is 0.0856. The average Bonchev–Trinajstić information content (AvgIpc) is 2.94. The molecule has 1 saturated heterocycles. The standard InChI is InChI=1S/C10H15N5O3/c1-13-7-8(15(17)18)10(12-13)11-6-9(16)14-4-2-3-5-14/h7H,2-6H2,1H3,(H,11,12). The lowest BCUT2D eigenvalue weighted by Crippen LogP contribution is -2.33. The molecule has 1 fully saturated rings. The molecule has 1 aromatic rings. The molecular formula is C10H15N5O3. The van der Waals surface area contributed by atoms with Gasteiger partial charge in [0.05, 0.1) is 11.5 Å². The first-order valence-corrected chi connectivity index (χ1v) is 5.77. The van der Waals surface area contributed by atoms with Gasteiger partial charge in [-0.15, -0.1) is 5.10 Å². The first kappa shape index (κ1) is 12.3. The molecule has 1 aromatic heterocycles. The van der Waals surface area contributed by atoms with Crippen molar-refractivity contribution in [3.63, 3.8) is 0 Å². The zero-order chi connectivity index (χ0) is 13.1. The summed E-state index contributed by atoms with van der Waals surface area (Å²) < 4.78 is 1.35. The highest BCUT2D eigenvalue weighted by atomic mass is 16.6. The number of aromatic nitrogens is 2. The van der Waals surface area contributed by atoms with Crippen LogP contribution in [-0.2, 0) is 11.8 Å². The van der Waals surface area contributed by atoms with Crippen LogP contribution in [0.15, 0.2) is 6.20 Å². The fraction of sp³-hybridized carbons (Fsp3) is 0.600. The Morgan fingerprint density at radius 1 is 1.56 bits per heavy atom. The monoisotopic (exact) mass is 253 g/mol. The number of hydrogen-bond acceptors (Lipinski definition) is 5. The second-order valence-electron chi connectivity index (χ2n) is 4.24. The third-order valence-corrected chi connectivity index (χ3v) is 2.87. The molecular weight excluding hydrogens is 238 g/mol. The molecule has 8 nitrogen and oxygen atoms in total. The van der Waals surface area contributed by atoms with Crippen molar-refractivity contribution < 1.29 is 9.72 Å². The molecule has 0 aromatic carbocycles. The van der Waals surface area contributed by atoms with Crippen LogP contribution in [0.1, 0.15) is 12.8 Å². The molecule has 18 heavy (non-hydrogen) atoms. The van der Waals surface area contributed by atoms with Gasteiger partial charge in [-0.25, -0.2) is 0 Å². The van der Waals surface area contributed by atoms with E-state index in [1.54, 1.807) is 11.9 Å². The van der Waals surface area contributed by atoms with E-state index in [1.807, 2.05) is 0 Å². The van der Waals surface area contributed by atoms with E-state index >= 15 is 0 Å². The molecule has 0 aliphatic carbocycles. The van der Waals surface area contributed by atoms with Crippen molar-refractivity contribution in [2.75, 3.05) is 25.0 Å². The average molecular weight is 253 g/mol. The highest BCUT2D eigenvalue weighted by Crippen LogP contribution is 2.21. The zero-order valence-electron chi connectivity index (χ0n) is 10.1. The lowest BCUT2D eigenvalue weighted by Gasteiger charge is -2.14. The van der Waals surface area contributed by atoms with Gasteiger partial charge in [-0.2, -0.15) is 0 Å². The summed E-state index contributed by atoms with van der Waals surface area (Å²) in [5.41, 5.74) is -0.119. The number of amides is 1. The number of carbonyl (C=O) groups excluding carboxylic acids is 1. The predicted octanol–water partition coefficient (Wildman–Crippen LogP) is 0.363. The molecule has 1 aliphatic rings. The molecule has 8 heteroatoms. The number of carbonyl (C=O) groups is 1. The molecule has 2 rings (SSSR count). The molecule has 2 heterocycles. The third kappa shape index (κ3) is 2.58. The Morgan fingerprint density at radius 2 is 2.22 bits per heavy atom. The van der Waals surface area contributed by atoms with E-state index in [9.17, 15) is 14.9 Å². The van der Waals surface area contributed by atoms with Crippen molar-refractivity contribution >= 4 is 17.4 Å². The van der Waals surface area contributed by atoms with E-state index in [0.29, 0.717) is 0 Å². The summed E-state index contributed by atoms with van der Waals surface area (Å²) in [6, 6.07) is 0. The van der Waals surface area contributed by atoms with Crippen LogP contribution in [0.5, 0.6) is 0 Å². The largest absolute Gasteiger partial charge is 0.354 e. The van der Waals surface area contributed by atoms with Gasteiger partial charge in [0.25, 0.3) is 0 Å². The molecule has 0 saturated carbocycles. The molecule has 0 bridgehead atoms. The summed E-state index contributed by atoms with van der Waals surface area (Å²) >= 11 is 0. The van der Waals surface area contributed by atoms with Crippen LogP contribution in [0, 0.1) is 10.1 Å². The van der Waals surface area contributed by atoms with E-state index in [2.05, 4.69) is 10.4 Å². The first-order valence-electron chi connectivity index (χ1n) is 5.77. The Morgan fingerprint density at radius 3 is 2.83 bits per heavy atom. The highest BCUT2D eigenvalue weighted by Gasteiger charge is 2.21. The van der Waals surface area contributed by atoms with Crippen molar-refractivity contribution in [3.05, 3.63) is 16.3 Å². The van der Waals surface area contributed by atoms with Crippen molar-refractivity contribution in [3.8, 4) is 0 Å². The Bertz CT molecular complexity index is 464. The van der Waals surface area contributed by atoms with Crippen molar-refractivity contribution in [1.29, 1.82) is 0 Å². The number of hydrogen-bond donors (Lipinski definition) is 1. The number of nitrogens with one attached hydrogen (secondary N) is 1. The number of likely N-dealkylation sites (tertiary alicyclic amines) is 1. The van der Waals surface area contributed by atoms with Crippen LogP contribution < -0.4 is 5.32 Å². The van der Waals surface area contributed by atoms with Crippen LogP contribution in [0.2, 0.25) is 0 Å². The minimum absolute atomic E-state index is 0.0395. The van der Waals surface area contributed by atoms with Gasteiger partial charge in [0.2, 0.25) is 11.7 Å². The molecule has 0 unspecified atom stereocenters. The lowest BCUT2D eigenvalue weighted by molar-refractivity contribution is -0.384. The Hall–Kier alpha value is -2.12. The van der Waals surface area contributed by atoms with Gasteiger partial charge in [0.1, 0.15) is 6.20 Å². The van der Waals surface area contributed by atoms with E-state index in [0.717, 1.165) is 25.9 Å². The van der Waals surface area contributed by atoms with E-state index in [-0.39, 0.29) is 24.0 Å². The minimum atomic E-state index is -0.518. The normalized spacial score (nSPS) is 14.8. The SMILES string of the molecule is Cn1cc([N+](=O)[O-])c(NCC(=O)N2CCCC2)n1. The summed E-state index contributed by atoms with van der Waals surface area (Å²) in [4.78, 5) is 23.8. The molecule has 0 radical (unpaired) electrons. The maximum Gasteiger partial charge on any atom is 0.330 e. The van der Waals surface area contributed by atoms with Gasteiger partial charge in [0, 0.05) is 20.1 Å². The molecule has 1 amide bonds. The smallest absolute Gasteiger partial charge is 0.330 e. The fourth-order valence-corrected chi connectivity index (χ4v) is 1.97. The highest BCUT2D eigenvalue weighted by molar-refractivity contribution is 5.81. The summed E-state index contributed by atoms with van der Waals surface area (Å²) in [7, 11) is 1.60. The molecule has 1 N–H and O–H groups in total. The topological polar surface area (TPSA) is 93.3 Å². The van der Waals surface area contributed by atoms with E-state index < -0.39 is 4.92 Å². The van der Waals surface area contributed by atoms with E-state index in [4.69, 9.17) is 0 Å². The predicted molar refractivity (Wildman–Crippen MR) is 64.2 cm³/mol. The number of nitrogens with zero attached hydrogens (tertiary/aromatic N) is 4. The van der Waals surface area contributed by atoms with Gasteiger partial charge in [0.15, 0.2) is 0 Å². The van der Waals surface area contributed by atoms with Gasteiger partial charge in [-0.3, -0.25) is 19.6 Å². The van der Waals surface area contributed by atoms with Crippen LogP contribution in [0.4, 0.5) is 11.5 Å². The summed E-state index contributed by atoms with van der Waals surface area (Å²) in [6.07, 6.45) is 3.35. The second-order valence-corrected chi connectivity index (χ2v) is 4.24. The summed E-state index contributed by atoms with van der Waals surface area (Å²) in [6.45, 7) is 1.58. The second kappa shape index (κ2) is 5.03. The molecule has 1 aliphatic heterocycles. The van der Waals surface area contributed by atoms with Crippen molar-refractivity contribution in [1.82, 2.24) is 14.7 Å². The summed E-state index contributed by atoms with van der Waals surface area (Å²) in [5, 5.41) is 17.4. The van der Waals surface area contributed by atoms with Crippen molar-refractivity contribution in [2.45, 2.75) is 12.8 Å². The Balaban J connectivity index is 1.97. The third-order valence-electron chi connectivity index (χ3n) is 2.87. The van der Waals surface area contributed by atoms with Crippen LogP contribution in [0.3, 0.4) is 0 Å². The van der Waals surface area contributed by atoms with Crippen molar-refractivity contribution in [2.24, 2.45) is 7.05 Å². The van der Waals surface area contributed by atoms with Gasteiger partial charge in [-0.05, 0) is 12.8 Å². The first-order chi connectivity index (χ1) is 8.58. The number of rotatable bonds is 4. The van der Waals surface area contributed by atoms with Gasteiger partial charge >= 0.3 is 5.69 Å². The van der Waals surface area contributed by atoms with Crippen LogP contribution in [0.25, 0.3) is 0 Å². The van der Waals surface area contributed by atoms with Gasteiger partial charge < -0.3 is 10.2 Å². The molecule has 0 atom stereocenters. The quantitative estimate of drug-likeness (QED) is 0.617. The molecule has 98 valence electrons. The minimum Gasteiger partial charge on any atom is -0.354 e.